The van der Waals surface area contributed by atoms with Crippen LogP contribution in [0.3, 0.4) is 0 Å². The number of carbonyl (C=O) groups is 3. The molecule has 1 atom stereocenters. The summed E-state index contributed by atoms with van der Waals surface area (Å²) in [5.41, 5.74) is 0.377. The summed E-state index contributed by atoms with van der Waals surface area (Å²) in [5.74, 6) is 0.0761. The fourth-order valence-corrected chi connectivity index (χ4v) is 2.21. The number of rotatable bonds is 9. The average Bonchev–Trinajstić information content (AvgIpc) is 2.71. The lowest BCUT2D eigenvalue weighted by atomic mass is 10.1. The third-order valence-corrected chi connectivity index (χ3v) is 4.24. The number of hydrogen-bond acceptors (Lipinski definition) is 5. The molecule has 0 aliphatic carbocycles. The summed E-state index contributed by atoms with van der Waals surface area (Å²) in [6.07, 6.45) is 0. The molecule has 0 saturated carbocycles. The van der Waals surface area contributed by atoms with Gasteiger partial charge in [-0.05, 0) is 49.2 Å². The van der Waals surface area contributed by atoms with Gasteiger partial charge in [-0.1, -0.05) is 32.0 Å². The number of carbonyl (C=O) groups excluding carboxylic acids is 3. The van der Waals surface area contributed by atoms with Crippen LogP contribution in [-0.2, 0) is 14.3 Å². The largest absolute Gasteiger partial charge is 0.457 e. The van der Waals surface area contributed by atoms with Gasteiger partial charge < -0.3 is 20.1 Å². The van der Waals surface area contributed by atoms with Gasteiger partial charge in [-0.15, -0.1) is 0 Å². The van der Waals surface area contributed by atoms with Gasteiger partial charge >= 0.3 is 5.97 Å². The molecule has 0 spiro atoms. The van der Waals surface area contributed by atoms with Gasteiger partial charge in [-0.2, -0.15) is 0 Å². The van der Waals surface area contributed by atoms with Crippen molar-refractivity contribution in [2.24, 2.45) is 5.92 Å². The minimum absolute atomic E-state index is 0.0188. The number of benzene rings is 2. The highest BCUT2D eigenvalue weighted by Crippen LogP contribution is 2.21. The summed E-state index contributed by atoms with van der Waals surface area (Å²) in [7, 11) is 0. The average molecular weight is 398 g/mol. The van der Waals surface area contributed by atoms with E-state index in [0.29, 0.717) is 17.1 Å². The predicted molar refractivity (Wildman–Crippen MR) is 109 cm³/mol. The van der Waals surface area contributed by atoms with E-state index in [-0.39, 0.29) is 31.0 Å². The zero-order valence-electron chi connectivity index (χ0n) is 16.8. The minimum Gasteiger partial charge on any atom is -0.457 e. The first-order valence-electron chi connectivity index (χ1n) is 9.41. The van der Waals surface area contributed by atoms with Gasteiger partial charge in [-0.3, -0.25) is 14.4 Å². The van der Waals surface area contributed by atoms with E-state index in [9.17, 15) is 14.4 Å². The monoisotopic (exact) mass is 398 g/mol. The second-order valence-corrected chi connectivity index (χ2v) is 6.88. The number of para-hydroxylation sites is 1. The van der Waals surface area contributed by atoms with Crippen LogP contribution in [0.15, 0.2) is 54.6 Å². The Hall–Kier alpha value is -3.35. The van der Waals surface area contributed by atoms with Crippen LogP contribution in [0.4, 0.5) is 0 Å². The molecule has 0 fully saturated rings. The summed E-state index contributed by atoms with van der Waals surface area (Å²) in [6.45, 7) is 5.13. The molecule has 2 aromatic carbocycles. The molecule has 7 nitrogen and oxygen atoms in total. The summed E-state index contributed by atoms with van der Waals surface area (Å²) >= 11 is 0. The molecule has 2 amide bonds. The first-order chi connectivity index (χ1) is 13.8. The summed E-state index contributed by atoms with van der Waals surface area (Å²) < 4.78 is 10.5. The van der Waals surface area contributed by atoms with Crippen molar-refractivity contribution < 1.29 is 23.9 Å². The fraction of sp³-hybridized carbons (Fsp3) is 0.318. The topological polar surface area (TPSA) is 93.7 Å². The van der Waals surface area contributed by atoms with Crippen LogP contribution in [0.25, 0.3) is 0 Å². The second kappa shape index (κ2) is 10.8. The van der Waals surface area contributed by atoms with Crippen molar-refractivity contribution in [3.63, 3.8) is 0 Å². The van der Waals surface area contributed by atoms with E-state index in [1.807, 2.05) is 51.1 Å². The lowest BCUT2D eigenvalue weighted by Crippen LogP contribution is -2.39. The summed E-state index contributed by atoms with van der Waals surface area (Å²) in [6, 6.07) is 15.8. The van der Waals surface area contributed by atoms with Gasteiger partial charge in [0, 0.05) is 11.6 Å². The van der Waals surface area contributed by atoms with Crippen LogP contribution in [-0.4, -0.2) is 37.0 Å². The second-order valence-electron chi connectivity index (χ2n) is 6.88. The Morgan fingerprint density at radius 1 is 0.897 bits per heavy atom. The normalized spacial score (nSPS) is 11.4. The van der Waals surface area contributed by atoms with Crippen LogP contribution >= 0.6 is 0 Å². The quantitative estimate of drug-likeness (QED) is 0.634. The van der Waals surface area contributed by atoms with Crippen molar-refractivity contribution in [1.29, 1.82) is 0 Å². The zero-order valence-corrected chi connectivity index (χ0v) is 16.8. The molecule has 2 aromatic rings. The molecule has 0 saturated heterocycles. The van der Waals surface area contributed by atoms with Crippen LogP contribution in [0.1, 0.15) is 31.1 Å². The fourth-order valence-electron chi connectivity index (χ4n) is 2.21. The van der Waals surface area contributed by atoms with Crippen molar-refractivity contribution in [2.75, 3.05) is 13.2 Å². The number of esters is 1. The van der Waals surface area contributed by atoms with Crippen LogP contribution in [0, 0.1) is 5.92 Å². The molecule has 0 aliphatic heterocycles. The Morgan fingerprint density at radius 2 is 1.52 bits per heavy atom. The first kappa shape index (κ1) is 21.9. The van der Waals surface area contributed by atoms with Crippen LogP contribution < -0.4 is 15.4 Å². The molecule has 2 N–H and O–H groups in total. The molecular formula is C22H26N2O5. The molecule has 0 bridgehead atoms. The van der Waals surface area contributed by atoms with E-state index in [0.717, 1.165) is 0 Å². The smallest absolute Gasteiger partial charge is 0.325 e. The molecule has 29 heavy (non-hydrogen) atoms. The molecular weight excluding hydrogens is 372 g/mol. The molecule has 0 unspecified atom stereocenters. The van der Waals surface area contributed by atoms with Crippen molar-refractivity contribution in [1.82, 2.24) is 10.6 Å². The third kappa shape index (κ3) is 7.65. The highest BCUT2D eigenvalue weighted by molar-refractivity contribution is 5.96. The third-order valence-electron chi connectivity index (χ3n) is 4.24. The van der Waals surface area contributed by atoms with Crippen LogP contribution in [0.5, 0.6) is 11.5 Å². The number of nitrogens with one attached hydrogen (secondary N) is 2. The van der Waals surface area contributed by atoms with Crippen molar-refractivity contribution in [3.05, 3.63) is 60.2 Å². The van der Waals surface area contributed by atoms with E-state index in [1.54, 1.807) is 24.3 Å². The van der Waals surface area contributed by atoms with Gasteiger partial charge in [0.2, 0.25) is 0 Å². The maximum atomic E-state index is 12.1. The lowest BCUT2D eigenvalue weighted by Gasteiger charge is -2.17. The summed E-state index contributed by atoms with van der Waals surface area (Å²) in [4.78, 5) is 35.6. The van der Waals surface area contributed by atoms with E-state index in [2.05, 4.69) is 10.6 Å². The Labute approximate surface area is 170 Å². The zero-order chi connectivity index (χ0) is 21.2. The van der Waals surface area contributed by atoms with Gasteiger partial charge in [0.05, 0.1) is 0 Å². The van der Waals surface area contributed by atoms with E-state index < -0.39 is 11.9 Å². The molecule has 0 radical (unpaired) electrons. The molecule has 0 aliphatic rings. The van der Waals surface area contributed by atoms with E-state index in [4.69, 9.17) is 9.47 Å². The highest BCUT2D eigenvalue weighted by Gasteiger charge is 2.14. The molecule has 0 heterocycles. The van der Waals surface area contributed by atoms with Crippen LogP contribution in [0.2, 0.25) is 0 Å². The van der Waals surface area contributed by atoms with E-state index in [1.165, 1.54) is 0 Å². The molecule has 154 valence electrons. The van der Waals surface area contributed by atoms with Crippen molar-refractivity contribution in [2.45, 2.75) is 26.8 Å². The maximum Gasteiger partial charge on any atom is 0.325 e. The molecule has 2 rings (SSSR count). The lowest BCUT2D eigenvalue weighted by molar-refractivity contribution is -0.147. The Balaban J connectivity index is 1.74. The van der Waals surface area contributed by atoms with Gasteiger partial charge in [0.25, 0.3) is 11.8 Å². The number of ether oxygens (including phenoxy) is 2. The van der Waals surface area contributed by atoms with Gasteiger partial charge in [0.15, 0.2) is 6.61 Å². The van der Waals surface area contributed by atoms with Gasteiger partial charge in [0.1, 0.15) is 18.0 Å². The Bertz CT molecular complexity index is 819. The number of amides is 2. The highest BCUT2D eigenvalue weighted by atomic mass is 16.5. The van der Waals surface area contributed by atoms with Gasteiger partial charge in [-0.25, -0.2) is 0 Å². The SMILES string of the molecule is CC(C)[C@H](C)NC(=O)COC(=O)CNC(=O)c1ccc(Oc2ccccc2)cc1. The Kier molecular flexibility index (Phi) is 8.21. The first-order valence-corrected chi connectivity index (χ1v) is 9.41. The van der Waals surface area contributed by atoms with E-state index >= 15 is 0 Å². The maximum absolute atomic E-state index is 12.1. The van der Waals surface area contributed by atoms with Crippen molar-refractivity contribution in [3.8, 4) is 11.5 Å². The standard InChI is InChI=1S/C22H26N2O5/c1-15(2)16(3)24-20(25)14-28-21(26)13-23-22(27)17-9-11-19(12-10-17)29-18-7-5-4-6-8-18/h4-12,15-16H,13-14H2,1-3H3,(H,23,27)(H,24,25)/t16-/m0/s1. The van der Waals surface area contributed by atoms with Crippen molar-refractivity contribution >= 4 is 17.8 Å². The Morgan fingerprint density at radius 3 is 2.14 bits per heavy atom. The number of hydrogen-bond donors (Lipinski definition) is 2. The summed E-state index contributed by atoms with van der Waals surface area (Å²) in [5, 5.41) is 5.20. The minimum atomic E-state index is -0.685. The molecule has 0 aromatic heterocycles. The predicted octanol–water partition coefficient (Wildman–Crippen LogP) is 2.91. The molecule has 7 heteroatoms.